The van der Waals surface area contributed by atoms with Gasteiger partial charge in [-0.3, -0.25) is 0 Å². The van der Waals surface area contributed by atoms with Gasteiger partial charge in [0.15, 0.2) is 0 Å². The molecule has 1 rings (SSSR count). The Morgan fingerprint density at radius 2 is 2.05 bits per heavy atom. The maximum Gasteiger partial charge on any atom is 0.410 e. The highest BCUT2D eigenvalue weighted by Gasteiger charge is 2.31. The SMILES string of the molecule is C#CCCN(C(=O)OC(C)(C)C)[C@H]1CC[C@H](N=[N+]=[N-])CC1. The van der Waals surface area contributed by atoms with E-state index in [0.29, 0.717) is 13.0 Å². The number of hydrogen-bond acceptors (Lipinski definition) is 3. The van der Waals surface area contributed by atoms with Crippen LogP contribution in [0.15, 0.2) is 5.11 Å². The standard InChI is InChI=1S/C15H24N4O2/c1-5-6-11-19(14(20)21-15(2,3)4)13-9-7-12(8-10-13)17-18-16/h1,12-13H,6-11H2,2-4H3/t12-,13-. The van der Waals surface area contributed by atoms with Gasteiger partial charge in [-0.15, -0.1) is 12.3 Å². The van der Waals surface area contributed by atoms with Crippen LogP contribution in [0.5, 0.6) is 0 Å². The van der Waals surface area contributed by atoms with E-state index in [2.05, 4.69) is 15.9 Å². The Bertz CT molecular complexity index is 436. The molecule has 0 saturated heterocycles. The Labute approximate surface area is 126 Å². The minimum absolute atomic E-state index is 0.0411. The van der Waals surface area contributed by atoms with Gasteiger partial charge < -0.3 is 9.64 Å². The fourth-order valence-corrected chi connectivity index (χ4v) is 2.49. The van der Waals surface area contributed by atoms with Crippen LogP contribution in [0.4, 0.5) is 4.79 Å². The van der Waals surface area contributed by atoms with E-state index >= 15 is 0 Å². The van der Waals surface area contributed by atoms with E-state index < -0.39 is 5.60 Å². The first-order valence-electron chi connectivity index (χ1n) is 7.34. The van der Waals surface area contributed by atoms with Crippen LogP contribution >= 0.6 is 0 Å². The number of azide groups is 1. The van der Waals surface area contributed by atoms with E-state index in [9.17, 15) is 4.79 Å². The quantitative estimate of drug-likeness (QED) is 0.341. The van der Waals surface area contributed by atoms with Gasteiger partial charge in [0, 0.05) is 30.0 Å². The highest BCUT2D eigenvalue weighted by Crippen LogP contribution is 2.26. The Morgan fingerprint density at radius 3 is 2.52 bits per heavy atom. The van der Waals surface area contributed by atoms with E-state index in [-0.39, 0.29) is 18.2 Å². The monoisotopic (exact) mass is 292 g/mol. The smallest absolute Gasteiger partial charge is 0.410 e. The van der Waals surface area contributed by atoms with E-state index in [4.69, 9.17) is 16.7 Å². The Balaban J connectivity index is 2.68. The molecule has 0 bridgehead atoms. The van der Waals surface area contributed by atoms with Gasteiger partial charge in [0.1, 0.15) is 5.60 Å². The first-order chi connectivity index (χ1) is 9.87. The van der Waals surface area contributed by atoms with Crippen molar-refractivity contribution in [3.05, 3.63) is 10.4 Å². The van der Waals surface area contributed by atoms with Crippen molar-refractivity contribution in [3.8, 4) is 12.3 Å². The first-order valence-corrected chi connectivity index (χ1v) is 7.34. The van der Waals surface area contributed by atoms with Crippen molar-refractivity contribution in [3.63, 3.8) is 0 Å². The molecule has 0 atom stereocenters. The summed E-state index contributed by atoms with van der Waals surface area (Å²) in [5, 5.41) is 3.76. The van der Waals surface area contributed by atoms with Gasteiger partial charge in [0.2, 0.25) is 0 Å². The van der Waals surface area contributed by atoms with Gasteiger partial charge in [0.05, 0.1) is 0 Å². The molecule has 0 N–H and O–H groups in total. The molecule has 0 aromatic rings. The zero-order valence-electron chi connectivity index (χ0n) is 13.1. The second kappa shape index (κ2) is 7.80. The maximum atomic E-state index is 12.3. The average molecular weight is 292 g/mol. The zero-order chi connectivity index (χ0) is 15.9. The Kier molecular flexibility index (Phi) is 6.39. The highest BCUT2D eigenvalue weighted by molar-refractivity contribution is 5.68. The number of ether oxygens (including phenoxy) is 1. The summed E-state index contributed by atoms with van der Waals surface area (Å²) in [5.41, 5.74) is 7.96. The van der Waals surface area contributed by atoms with Crippen molar-refractivity contribution in [2.24, 2.45) is 5.11 Å². The molecule has 0 spiro atoms. The number of carbonyl (C=O) groups is 1. The summed E-state index contributed by atoms with van der Waals surface area (Å²) in [4.78, 5) is 16.9. The predicted octanol–water partition coefficient (Wildman–Crippen LogP) is 3.87. The van der Waals surface area contributed by atoms with E-state index in [1.54, 1.807) is 4.90 Å². The van der Waals surface area contributed by atoms with Crippen LogP contribution in [0.3, 0.4) is 0 Å². The Hall–Kier alpha value is -1.86. The van der Waals surface area contributed by atoms with Crippen molar-refractivity contribution >= 4 is 6.09 Å². The lowest BCUT2D eigenvalue weighted by Gasteiger charge is -2.36. The molecule has 0 aromatic heterocycles. The lowest BCUT2D eigenvalue weighted by Crippen LogP contribution is -2.45. The molecule has 1 aliphatic carbocycles. The number of nitrogens with zero attached hydrogens (tertiary/aromatic N) is 4. The highest BCUT2D eigenvalue weighted by atomic mass is 16.6. The molecule has 1 amide bonds. The van der Waals surface area contributed by atoms with Crippen molar-refractivity contribution in [2.45, 2.75) is 70.6 Å². The second-order valence-corrected chi connectivity index (χ2v) is 6.30. The zero-order valence-corrected chi connectivity index (χ0v) is 13.1. The summed E-state index contributed by atoms with van der Waals surface area (Å²) < 4.78 is 5.46. The van der Waals surface area contributed by atoms with Crippen LogP contribution in [0.2, 0.25) is 0 Å². The van der Waals surface area contributed by atoms with Gasteiger partial charge in [-0.1, -0.05) is 5.11 Å². The van der Waals surface area contributed by atoms with E-state index in [1.165, 1.54) is 0 Å². The second-order valence-electron chi connectivity index (χ2n) is 6.30. The fraction of sp³-hybridized carbons (Fsp3) is 0.800. The van der Waals surface area contributed by atoms with Crippen molar-refractivity contribution in [1.29, 1.82) is 0 Å². The van der Waals surface area contributed by atoms with Gasteiger partial charge in [0.25, 0.3) is 0 Å². The molecule has 0 aromatic carbocycles. The number of rotatable bonds is 4. The van der Waals surface area contributed by atoms with Crippen LogP contribution in [0.25, 0.3) is 10.4 Å². The number of amides is 1. The molecule has 1 fully saturated rings. The summed E-state index contributed by atoms with van der Waals surface area (Å²) in [5.74, 6) is 2.57. The maximum absolute atomic E-state index is 12.3. The van der Waals surface area contributed by atoms with Crippen LogP contribution in [0, 0.1) is 12.3 Å². The fourth-order valence-electron chi connectivity index (χ4n) is 2.49. The first kappa shape index (κ1) is 17.2. The van der Waals surface area contributed by atoms with Crippen molar-refractivity contribution in [1.82, 2.24) is 4.90 Å². The third kappa shape index (κ3) is 5.97. The largest absolute Gasteiger partial charge is 0.444 e. The molecule has 0 radical (unpaired) electrons. The lowest BCUT2D eigenvalue weighted by atomic mass is 9.90. The number of terminal acetylenes is 1. The minimum Gasteiger partial charge on any atom is -0.444 e. The van der Waals surface area contributed by atoms with Crippen LogP contribution in [-0.4, -0.2) is 35.2 Å². The number of carbonyl (C=O) groups excluding carboxylic acids is 1. The molecule has 21 heavy (non-hydrogen) atoms. The molecule has 0 aliphatic heterocycles. The third-order valence-corrected chi connectivity index (χ3v) is 3.45. The summed E-state index contributed by atoms with van der Waals surface area (Å²) >= 11 is 0. The van der Waals surface area contributed by atoms with E-state index in [0.717, 1.165) is 25.7 Å². The summed E-state index contributed by atoms with van der Waals surface area (Å²) in [7, 11) is 0. The summed E-state index contributed by atoms with van der Waals surface area (Å²) in [6, 6.07) is 0.151. The minimum atomic E-state index is -0.520. The van der Waals surface area contributed by atoms with E-state index in [1.807, 2.05) is 20.8 Å². The van der Waals surface area contributed by atoms with Crippen LogP contribution in [0.1, 0.15) is 52.9 Å². The molecule has 6 heteroatoms. The van der Waals surface area contributed by atoms with Gasteiger partial charge in [-0.2, -0.15) is 0 Å². The normalized spacial score (nSPS) is 21.8. The molecule has 1 saturated carbocycles. The van der Waals surface area contributed by atoms with Crippen molar-refractivity contribution in [2.75, 3.05) is 6.54 Å². The van der Waals surface area contributed by atoms with Crippen LogP contribution < -0.4 is 0 Å². The van der Waals surface area contributed by atoms with Crippen molar-refractivity contribution < 1.29 is 9.53 Å². The molecule has 0 heterocycles. The Morgan fingerprint density at radius 1 is 1.43 bits per heavy atom. The molecule has 1 aliphatic rings. The molecule has 6 nitrogen and oxygen atoms in total. The van der Waals surface area contributed by atoms with Gasteiger partial charge in [-0.05, 0) is 52.0 Å². The average Bonchev–Trinajstić information content (AvgIpc) is 2.39. The summed E-state index contributed by atoms with van der Waals surface area (Å²) in [6.45, 7) is 6.05. The molecular weight excluding hydrogens is 268 g/mol. The van der Waals surface area contributed by atoms with Gasteiger partial charge >= 0.3 is 6.09 Å². The molecular formula is C15H24N4O2. The topological polar surface area (TPSA) is 78.3 Å². The summed E-state index contributed by atoms with van der Waals surface area (Å²) in [6.07, 6.45) is 8.72. The lowest BCUT2D eigenvalue weighted by molar-refractivity contribution is 0.0122. The molecule has 0 unspecified atom stereocenters. The number of hydrogen-bond donors (Lipinski definition) is 0. The molecule has 116 valence electrons. The predicted molar refractivity (Wildman–Crippen MR) is 81.6 cm³/mol. The van der Waals surface area contributed by atoms with Crippen LogP contribution in [-0.2, 0) is 4.74 Å². The third-order valence-electron chi connectivity index (χ3n) is 3.45. The van der Waals surface area contributed by atoms with Gasteiger partial charge in [-0.25, -0.2) is 4.79 Å².